The van der Waals surface area contributed by atoms with Crippen LogP contribution in [0.4, 0.5) is 10.5 Å². The van der Waals surface area contributed by atoms with E-state index < -0.39 is 6.09 Å². The third kappa shape index (κ3) is 4.31. The Labute approximate surface area is 148 Å². The van der Waals surface area contributed by atoms with E-state index in [1.165, 1.54) is 0 Å². The van der Waals surface area contributed by atoms with E-state index in [1.54, 1.807) is 7.11 Å². The first kappa shape index (κ1) is 17.3. The molecule has 2 aromatic carbocycles. The Morgan fingerprint density at radius 2 is 2.04 bits per heavy atom. The summed E-state index contributed by atoms with van der Waals surface area (Å²) < 4.78 is 10.7. The minimum atomic E-state index is -0.428. The van der Waals surface area contributed by atoms with Crippen molar-refractivity contribution in [1.82, 2.24) is 4.90 Å². The average molecular weight is 340 g/mol. The monoisotopic (exact) mass is 340 g/mol. The first-order valence-corrected chi connectivity index (χ1v) is 8.55. The summed E-state index contributed by atoms with van der Waals surface area (Å²) in [6, 6.07) is 15.8. The summed E-state index contributed by atoms with van der Waals surface area (Å²) in [6.07, 6.45) is 1.80. The fourth-order valence-electron chi connectivity index (χ4n) is 3.12. The first-order chi connectivity index (χ1) is 12.2. The summed E-state index contributed by atoms with van der Waals surface area (Å²) in [5, 5.41) is 2.86. The number of rotatable bonds is 5. The molecule has 0 radical (unpaired) electrons. The Bertz CT molecular complexity index is 718. The summed E-state index contributed by atoms with van der Waals surface area (Å²) >= 11 is 0. The number of ether oxygens (including phenoxy) is 2. The number of likely N-dealkylation sites (tertiary alicyclic amines) is 1. The summed E-state index contributed by atoms with van der Waals surface area (Å²) in [7, 11) is 3.69. The Morgan fingerprint density at radius 3 is 2.72 bits per heavy atom. The molecule has 0 bridgehead atoms. The van der Waals surface area contributed by atoms with Gasteiger partial charge in [-0.1, -0.05) is 30.3 Å². The third-order valence-electron chi connectivity index (χ3n) is 4.63. The minimum absolute atomic E-state index is 0.315. The van der Waals surface area contributed by atoms with Crippen molar-refractivity contribution >= 4 is 11.8 Å². The van der Waals surface area contributed by atoms with Crippen molar-refractivity contribution in [2.24, 2.45) is 0 Å². The molecule has 0 aliphatic carbocycles. The summed E-state index contributed by atoms with van der Waals surface area (Å²) in [4.78, 5) is 14.5. The SMILES string of the molecule is COc1ccc(NC(=O)OC[C@@H]2CCCN2C)c(-c2ccccc2)c1. The molecule has 132 valence electrons. The average Bonchev–Trinajstić information content (AvgIpc) is 3.06. The largest absolute Gasteiger partial charge is 0.497 e. The van der Waals surface area contributed by atoms with Gasteiger partial charge in [-0.15, -0.1) is 0 Å². The molecular weight excluding hydrogens is 316 g/mol. The van der Waals surface area contributed by atoms with Crippen LogP contribution < -0.4 is 10.1 Å². The normalized spacial score (nSPS) is 17.3. The predicted molar refractivity (Wildman–Crippen MR) is 99.1 cm³/mol. The number of carbonyl (C=O) groups excluding carboxylic acids is 1. The predicted octanol–water partition coefficient (Wildman–Crippen LogP) is 4.00. The molecule has 1 saturated heterocycles. The fourth-order valence-corrected chi connectivity index (χ4v) is 3.12. The highest BCUT2D eigenvalue weighted by Gasteiger charge is 2.22. The molecule has 5 nitrogen and oxygen atoms in total. The van der Waals surface area contributed by atoms with Crippen LogP contribution in [-0.4, -0.2) is 44.3 Å². The molecule has 1 heterocycles. The van der Waals surface area contributed by atoms with Crippen molar-refractivity contribution in [1.29, 1.82) is 0 Å². The highest BCUT2D eigenvalue weighted by atomic mass is 16.5. The molecule has 25 heavy (non-hydrogen) atoms. The van der Waals surface area contributed by atoms with E-state index in [1.807, 2.05) is 48.5 Å². The number of amides is 1. The molecule has 1 atom stereocenters. The molecule has 1 amide bonds. The van der Waals surface area contributed by atoms with Gasteiger partial charge in [0.1, 0.15) is 12.4 Å². The maximum Gasteiger partial charge on any atom is 0.411 e. The first-order valence-electron chi connectivity index (χ1n) is 8.55. The van der Waals surface area contributed by atoms with Gasteiger partial charge in [-0.05, 0) is 50.2 Å². The molecule has 1 aliphatic heterocycles. The van der Waals surface area contributed by atoms with Gasteiger partial charge < -0.3 is 14.4 Å². The van der Waals surface area contributed by atoms with Crippen LogP contribution in [-0.2, 0) is 4.74 Å². The molecule has 0 spiro atoms. The molecule has 3 rings (SSSR count). The smallest absolute Gasteiger partial charge is 0.411 e. The Balaban J connectivity index is 1.72. The van der Waals surface area contributed by atoms with Crippen molar-refractivity contribution in [2.75, 3.05) is 32.6 Å². The summed E-state index contributed by atoms with van der Waals surface area (Å²) in [5.41, 5.74) is 2.61. The molecule has 0 aromatic heterocycles. The number of nitrogens with one attached hydrogen (secondary N) is 1. The van der Waals surface area contributed by atoms with Gasteiger partial charge in [0, 0.05) is 11.6 Å². The van der Waals surface area contributed by atoms with Gasteiger partial charge in [-0.25, -0.2) is 4.79 Å². The van der Waals surface area contributed by atoms with Crippen LogP contribution in [0.25, 0.3) is 11.1 Å². The molecule has 0 saturated carbocycles. The second kappa shape index (κ2) is 8.03. The third-order valence-corrected chi connectivity index (χ3v) is 4.63. The molecule has 0 unspecified atom stereocenters. The molecule has 1 aliphatic rings. The maximum absolute atomic E-state index is 12.2. The number of benzene rings is 2. The molecule has 5 heteroatoms. The Hall–Kier alpha value is -2.53. The lowest BCUT2D eigenvalue weighted by atomic mass is 10.0. The lowest BCUT2D eigenvalue weighted by Crippen LogP contribution is -2.31. The highest BCUT2D eigenvalue weighted by molar-refractivity contribution is 5.92. The molecule has 1 fully saturated rings. The van der Waals surface area contributed by atoms with Crippen LogP contribution in [0, 0.1) is 0 Å². The van der Waals surface area contributed by atoms with Crippen LogP contribution in [0.3, 0.4) is 0 Å². The van der Waals surface area contributed by atoms with Crippen LogP contribution in [0.15, 0.2) is 48.5 Å². The number of hydrogen-bond donors (Lipinski definition) is 1. The van der Waals surface area contributed by atoms with Crippen LogP contribution in [0.1, 0.15) is 12.8 Å². The Morgan fingerprint density at radius 1 is 1.24 bits per heavy atom. The number of likely N-dealkylation sites (N-methyl/N-ethyl adjacent to an activating group) is 1. The van der Waals surface area contributed by atoms with Crippen LogP contribution in [0.2, 0.25) is 0 Å². The lowest BCUT2D eigenvalue weighted by Gasteiger charge is -2.19. The molecule has 1 N–H and O–H groups in total. The van der Waals surface area contributed by atoms with E-state index in [0.29, 0.717) is 18.3 Å². The van der Waals surface area contributed by atoms with E-state index >= 15 is 0 Å². The second-order valence-corrected chi connectivity index (χ2v) is 6.28. The zero-order valence-corrected chi connectivity index (χ0v) is 14.7. The van der Waals surface area contributed by atoms with Gasteiger partial charge in [0.2, 0.25) is 0 Å². The summed E-state index contributed by atoms with van der Waals surface area (Å²) in [5.74, 6) is 0.741. The number of hydrogen-bond acceptors (Lipinski definition) is 4. The lowest BCUT2D eigenvalue weighted by molar-refractivity contribution is 0.127. The van der Waals surface area contributed by atoms with Gasteiger partial charge in [0.25, 0.3) is 0 Å². The van der Waals surface area contributed by atoms with Crippen molar-refractivity contribution < 1.29 is 14.3 Å². The Kier molecular flexibility index (Phi) is 5.56. The van der Waals surface area contributed by atoms with Crippen molar-refractivity contribution in [3.8, 4) is 16.9 Å². The van der Waals surface area contributed by atoms with Crippen molar-refractivity contribution in [3.05, 3.63) is 48.5 Å². The van der Waals surface area contributed by atoms with E-state index in [0.717, 1.165) is 36.3 Å². The van der Waals surface area contributed by atoms with Gasteiger partial charge in [-0.3, -0.25) is 5.32 Å². The molecule has 2 aromatic rings. The van der Waals surface area contributed by atoms with Gasteiger partial charge in [0.15, 0.2) is 0 Å². The summed E-state index contributed by atoms with van der Waals surface area (Å²) in [6.45, 7) is 1.48. The quantitative estimate of drug-likeness (QED) is 0.894. The van der Waals surface area contributed by atoms with Gasteiger partial charge >= 0.3 is 6.09 Å². The van der Waals surface area contributed by atoms with E-state index in [9.17, 15) is 4.79 Å². The second-order valence-electron chi connectivity index (χ2n) is 6.28. The number of nitrogens with zero attached hydrogens (tertiary/aromatic N) is 1. The number of methoxy groups -OCH3 is 1. The number of carbonyl (C=O) groups is 1. The van der Waals surface area contributed by atoms with Crippen LogP contribution in [0.5, 0.6) is 5.75 Å². The van der Waals surface area contributed by atoms with Crippen LogP contribution >= 0.6 is 0 Å². The molecular formula is C20H24N2O3. The zero-order valence-electron chi connectivity index (χ0n) is 14.7. The van der Waals surface area contributed by atoms with Crippen molar-refractivity contribution in [2.45, 2.75) is 18.9 Å². The minimum Gasteiger partial charge on any atom is -0.497 e. The number of anilines is 1. The topological polar surface area (TPSA) is 50.8 Å². The zero-order chi connectivity index (χ0) is 17.6. The van der Waals surface area contributed by atoms with Gasteiger partial charge in [0.05, 0.1) is 12.8 Å². The highest BCUT2D eigenvalue weighted by Crippen LogP contribution is 2.31. The van der Waals surface area contributed by atoms with E-state index in [4.69, 9.17) is 9.47 Å². The standard InChI is InChI=1S/C20H24N2O3/c1-22-12-6-9-16(22)14-25-20(23)21-19-11-10-17(24-2)13-18(19)15-7-4-3-5-8-15/h3-5,7-8,10-11,13,16H,6,9,12,14H2,1-2H3,(H,21,23)/t16-/m0/s1. The fraction of sp³-hybridized carbons (Fsp3) is 0.350. The van der Waals surface area contributed by atoms with Crippen molar-refractivity contribution in [3.63, 3.8) is 0 Å². The maximum atomic E-state index is 12.2. The van der Waals surface area contributed by atoms with E-state index in [-0.39, 0.29) is 0 Å². The van der Waals surface area contributed by atoms with E-state index in [2.05, 4.69) is 17.3 Å². The van der Waals surface area contributed by atoms with Gasteiger partial charge in [-0.2, -0.15) is 0 Å².